The second kappa shape index (κ2) is 6.98. The van der Waals surface area contributed by atoms with Crippen molar-refractivity contribution in [1.29, 1.82) is 5.26 Å². The van der Waals surface area contributed by atoms with E-state index in [1.54, 1.807) is 0 Å². The molecular formula is C14H27N3. The van der Waals surface area contributed by atoms with Crippen molar-refractivity contribution in [3.63, 3.8) is 0 Å². The van der Waals surface area contributed by atoms with Gasteiger partial charge in [0.1, 0.15) is 0 Å². The second-order valence-electron chi connectivity index (χ2n) is 5.88. The Morgan fingerprint density at radius 2 is 1.65 bits per heavy atom. The first-order valence-corrected chi connectivity index (χ1v) is 6.89. The van der Waals surface area contributed by atoms with Crippen molar-refractivity contribution in [2.75, 3.05) is 32.7 Å². The van der Waals surface area contributed by atoms with Gasteiger partial charge in [0.05, 0.1) is 12.1 Å². The number of nitriles is 1. The lowest BCUT2D eigenvalue weighted by atomic mass is 9.98. The maximum absolute atomic E-state index is 8.89. The molecule has 3 heteroatoms. The summed E-state index contributed by atoms with van der Waals surface area (Å²) in [6.07, 6.45) is 1.31. The largest absolute Gasteiger partial charge is 0.301 e. The Morgan fingerprint density at radius 1 is 1.06 bits per heavy atom. The van der Waals surface area contributed by atoms with Crippen LogP contribution in [-0.2, 0) is 0 Å². The van der Waals surface area contributed by atoms with Gasteiger partial charge in [-0.2, -0.15) is 5.26 Å². The highest BCUT2D eigenvalue weighted by atomic mass is 15.3. The Bertz CT molecular complexity index is 249. The normalized spacial score (nSPS) is 22.4. The fourth-order valence-electron chi connectivity index (χ4n) is 2.73. The average Bonchev–Trinajstić information content (AvgIpc) is 2.28. The van der Waals surface area contributed by atoms with E-state index in [-0.39, 0.29) is 6.04 Å². The van der Waals surface area contributed by atoms with Crippen LogP contribution in [-0.4, -0.2) is 48.6 Å². The lowest BCUT2D eigenvalue weighted by Gasteiger charge is -2.37. The minimum atomic E-state index is 0.0743. The highest BCUT2D eigenvalue weighted by Gasteiger charge is 2.21. The molecule has 0 aromatic heterocycles. The summed E-state index contributed by atoms with van der Waals surface area (Å²) in [5, 5.41) is 8.89. The Balaban J connectivity index is 2.25. The predicted octanol–water partition coefficient (Wildman–Crippen LogP) is 2.20. The first-order chi connectivity index (χ1) is 8.02. The molecule has 1 rings (SSSR count). The van der Waals surface area contributed by atoms with Crippen molar-refractivity contribution in [2.45, 2.75) is 40.2 Å². The Labute approximate surface area is 106 Å². The summed E-state index contributed by atoms with van der Waals surface area (Å²) < 4.78 is 0. The van der Waals surface area contributed by atoms with Gasteiger partial charge in [0.15, 0.2) is 0 Å². The Kier molecular flexibility index (Phi) is 5.94. The van der Waals surface area contributed by atoms with Crippen LogP contribution in [0.15, 0.2) is 0 Å². The molecule has 98 valence electrons. The Hall–Kier alpha value is -0.590. The fourth-order valence-corrected chi connectivity index (χ4v) is 2.73. The second-order valence-corrected chi connectivity index (χ2v) is 5.88. The van der Waals surface area contributed by atoms with Crippen molar-refractivity contribution in [1.82, 2.24) is 9.80 Å². The molecule has 1 aliphatic rings. The van der Waals surface area contributed by atoms with Crippen LogP contribution >= 0.6 is 0 Å². The van der Waals surface area contributed by atoms with Crippen molar-refractivity contribution in [3.05, 3.63) is 0 Å². The zero-order valence-electron chi connectivity index (χ0n) is 11.8. The lowest BCUT2D eigenvalue weighted by molar-refractivity contribution is 0.105. The van der Waals surface area contributed by atoms with Gasteiger partial charge in [-0.1, -0.05) is 20.8 Å². The quantitative estimate of drug-likeness (QED) is 0.734. The van der Waals surface area contributed by atoms with Crippen LogP contribution in [0, 0.1) is 23.2 Å². The van der Waals surface area contributed by atoms with E-state index in [9.17, 15) is 0 Å². The minimum absolute atomic E-state index is 0.0743. The molecule has 0 spiro atoms. The molecule has 1 aliphatic heterocycles. The van der Waals surface area contributed by atoms with Crippen molar-refractivity contribution in [3.8, 4) is 6.07 Å². The molecule has 3 nitrogen and oxygen atoms in total. The van der Waals surface area contributed by atoms with E-state index in [1.807, 2.05) is 6.92 Å². The standard InChI is InChI=1S/C14H27N3/c1-12(2)9-13(3)11-16-5-7-17(8-6-16)14(4)10-15/h12-14H,5-9,11H2,1-4H3. The van der Waals surface area contributed by atoms with Crippen molar-refractivity contribution < 1.29 is 0 Å². The van der Waals surface area contributed by atoms with Crippen LogP contribution in [0.25, 0.3) is 0 Å². The molecule has 1 heterocycles. The van der Waals surface area contributed by atoms with Gasteiger partial charge in [0.25, 0.3) is 0 Å². The van der Waals surface area contributed by atoms with E-state index in [2.05, 4.69) is 36.6 Å². The van der Waals surface area contributed by atoms with Gasteiger partial charge < -0.3 is 4.90 Å². The summed E-state index contributed by atoms with van der Waals surface area (Å²) >= 11 is 0. The average molecular weight is 237 g/mol. The number of hydrogen-bond acceptors (Lipinski definition) is 3. The number of piperazine rings is 1. The number of nitrogens with zero attached hydrogens (tertiary/aromatic N) is 3. The molecule has 0 N–H and O–H groups in total. The highest BCUT2D eigenvalue weighted by molar-refractivity contribution is 4.90. The molecule has 0 bridgehead atoms. The molecule has 0 saturated carbocycles. The smallest absolute Gasteiger partial charge is 0.0950 e. The summed E-state index contributed by atoms with van der Waals surface area (Å²) in [5.74, 6) is 1.58. The first kappa shape index (κ1) is 14.5. The molecule has 0 amide bonds. The molecule has 2 atom stereocenters. The van der Waals surface area contributed by atoms with Gasteiger partial charge in [-0.15, -0.1) is 0 Å². The number of rotatable bonds is 5. The molecule has 0 radical (unpaired) electrons. The van der Waals surface area contributed by atoms with Crippen LogP contribution < -0.4 is 0 Å². The predicted molar refractivity (Wildman–Crippen MR) is 71.7 cm³/mol. The van der Waals surface area contributed by atoms with E-state index in [0.29, 0.717) is 0 Å². The highest BCUT2D eigenvalue weighted by Crippen LogP contribution is 2.14. The summed E-state index contributed by atoms with van der Waals surface area (Å²) in [5.41, 5.74) is 0. The van der Waals surface area contributed by atoms with Crippen LogP contribution in [0.1, 0.15) is 34.1 Å². The summed E-state index contributed by atoms with van der Waals surface area (Å²) in [7, 11) is 0. The zero-order valence-corrected chi connectivity index (χ0v) is 11.8. The SMILES string of the molecule is CC(C)CC(C)CN1CCN(C(C)C#N)CC1. The molecule has 2 unspecified atom stereocenters. The van der Waals surface area contributed by atoms with Crippen LogP contribution in [0.5, 0.6) is 0 Å². The summed E-state index contributed by atoms with van der Waals surface area (Å²) in [4.78, 5) is 4.83. The third-order valence-corrected chi connectivity index (χ3v) is 3.59. The summed E-state index contributed by atoms with van der Waals surface area (Å²) in [6, 6.07) is 2.40. The van der Waals surface area contributed by atoms with Crippen LogP contribution in [0.2, 0.25) is 0 Å². The first-order valence-electron chi connectivity index (χ1n) is 6.89. The molecule has 0 aromatic carbocycles. The third kappa shape index (κ3) is 5.06. The number of hydrogen-bond donors (Lipinski definition) is 0. The van der Waals surface area contributed by atoms with Crippen LogP contribution in [0.3, 0.4) is 0 Å². The summed E-state index contributed by atoms with van der Waals surface area (Å²) in [6.45, 7) is 14.5. The van der Waals surface area contributed by atoms with Crippen molar-refractivity contribution in [2.24, 2.45) is 11.8 Å². The van der Waals surface area contributed by atoms with E-state index >= 15 is 0 Å². The maximum atomic E-state index is 8.89. The van der Waals surface area contributed by atoms with Gasteiger partial charge in [-0.3, -0.25) is 4.90 Å². The third-order valence-electron chi connectivity index (χ3n) is 3.59. The molecule has 0 aliphatic carbocycles. The molecule has 1 fully saturated rings. The van der Waals surface area contributed by atoms with Crippen molar-refractivity contribution >= 4 is 0 Å². The zero-order chi connectivity index (χ0) is 12.8. The topological polar surface area (TPSA) is 30.3 Å². The Morgan fingerprint density at radius 3 is 2.12 bits per heavy atom. The van der Waals surface area contributed by atoms with Gasteiger partial charge in [0, 0.05) is 32.7 Å². The van der Waals surface area contributed by atoms with E-state index in [0.717, 1.165) is 38.0 Å². The lowest BCUT2D eigenvalue weighted by Crippen LogP contribution is -2.50. The van der Waals surface area contributed by atoms with E-state index in [1.165, 1.54) is 13.0 Å². The minimum Gasteiger partial charge on any atom is -0.301 e. The van der Waals surface area contributed by atoms with Crippen LogP contribution in [0.4, 0.5) is 0 Å². The fraction of sp³-hybridized carbons (Fsp3) is 0.929. The maximum Gasteiger partial charge on any atom is 0.0950 e. The van der Waals surface area contributed by atoms with Gasteiger partial charge in [-0.25, -0.2) is 0 Å². The monoisotopic (exact) mass is 237 g/mol. The van der Waals surface area contributed by atoms with Gasteiger partial charge in [-0.05, 0) is 25.2 Å². The molecule has 1 saturated heterocycles. The molecule has 0 aromatic rings. The van der Waals surface area contributed by atoms with E-state index in [4.69, 9.17) is 5.26 Å². The molecule has 17 heavy (non-hydrogen) atoms. The van der Waals surface area contributed by atoms with Gasteiger partial charge >= 0.3 is 0 Å². The van der Waals surface area contributed by atoms with E-state index < -0.39 is 0 Å². The van der Waals surface area contributed by atoms with Gasteiger partial charge in [0.2, 0.25) is 0 Å². The molecular weight excluding hydrogens is 210 g/mol.